The van der Waals surface area contributed by atoms with Crippen LogP contribution in [0.1, 0.15) is 17.5 Å². The van der Waals surface area contributed by atoms with Gasteiger partial charge in [0.25, 0.3) is 5.91 Å². The minimum Gasteiger partial charge on any atom is -0.323 e. The van der Waals surface area contributed by atoms with Gasteiger partial charge in [0, 0.05) is 6.42 Å². The van der Waals surface area contributed by atoms with Gasteiger partial charge in [-0.25, -0.2) is 13.6 Å². The normalized spacial score (nSPS) is 20.9. The van der Waals surface area contributed by atoms with Crippen LogP contribution < -0.4 is 10.6 Å². The molecule has 1 aliphatic carbocycles. The van der Waals surface area contributed by atoms with Crippen LogP contribution in [0.2, 0.25) is 0 Å². The zero-order valence-electron chi connectivity index (χ0n) is 14.8. The Morgan fingerprint density at radius 1 is 1.07 bits per heavy atom. The predicted molar refractivity (Wildman–Crippen MR) is 96.4 cm³/mol. The molecule has 1 spiro atoms. The van der Waals surface area contributed by atoms with Gasteiger partial charge in [-0.2, -0.15) is 0 Å². The fourth-order valence-corrected chi connectivity index (χ4v) is 3.78. The Bertz CT molecular complexity index is 974. The smallest absolute Gasteiger partial charge is 0.323 e. The van der Waals surface area contributed by atoms with Crippen molar-refractivity contribution in [3.8, 4) is 0 Å². The van der Waals surface area contributed by atoms with Gasteiger partial charge < -0.3 is 10.6 Å². The molecule has 8 heteroatoms. The summed E-state index contributed by atoms with van der Waals surface area (Å²) < 4.78 is 27.4. The van der Waals surface area contributed by atoms with Crippen LogP contribution in [-0.4, -0.2) is 34.8 Å². The van der Waals surface area contributed by atoms with E-state index in [0.29, 0.717) is 19.3 Å². The molecule has 6 nitrogen and oxygen atoms in total. The summed E-state index contributed by atoms with van der Waals surface area (Å²) in [6.45, 7) is -0.623. The molecule has 4 amide bonds. The number of nitrogens with one attached hydrogen (secondary N) is 2. The number of halogens is 2. The van der Waals surface area contributed by atoms with Gasteiger partial charge in [0.05, 0.1) is 0 Å². The molecule has 2 aliphatic rings. The number of hydrogen-bond donors (Lipinski definition) is 2. The number of fused-ring (bicyclic) bond motifs is 1. The quantitative estimate of drug-likeness (QED) is 0.797. The van der Waals surface area contributed by atoms with Crippen LogP contribution in [0.5, 0.6) is 0 Å². The number of carbonyl (C=O) groups excluding carboxylic acids is 3. The van der Waals surface area contributed by atoms with E-state index in [1.54, 1.807) is 0 Å². The van der Waals surface area contributed by atoms with Crippen molar-refractivity contribution in [2.75, 3.05) is 11.9 Å². The highest BCUT2D eigenvalue weighted by Crippen LogP contribution is 2.33. The Morgan fingerprint density at radius 3 is 2.46 bits per heavy atom. The molecule has 0 aromatic heterocycles. The fraction of sp³-hybridized carbons (Fsp3) is 0.250. The summed E-state index contributed by atoms with van der Waals surface area (Å²) in [4.78, 5) is 38.3. The predicted octanol–water partition coefficient (Wildman–Crippen LogP) is 2.38. The third-order valence-electron chi connectivity index (χ3n) is 5.21. The number of imide groups is 1. The minimum absolute atomic E-state index is 0.341. The first kappa shape index (κ1) is 18.1. The number of urea groups is 1. The molecule has 0 radical (unpaired) electrons. The second kappa shape index (κ2) is 6.70. The lowest BCUT2D eigenvalue weighted by Crippen LogP contribution is -2.51. The van der Waals surface area contributed by atoms with Crippen molar-refractivity contribution in [1.29, 1.82) is 0 Å². The maximum Gasteiger partial charge on any atom is 0.325 e. The Morgan fingerprint density at radius 2 is 1.75 bits per heavy atom. The van der Waals surface area contributed by atoms with E-state index >= 15 is 0 Å². The number of para-hydroxylation sites is 1. The van der Waals surface area contributed by atoms with Crippen molar-refractivity contribution < 1.29 is 23.2 Å². The molecule has 0 unspecified atom stereocenters. The molecule has 1 aliphatic heterocycles. The van der Waals surface area contributed by atoms with E-state index < -0.39 is 47.3 Å². The number of hydrogen-bond acceptors (Lipinski definition) is 3. The van der Waals surface area contributed by atoms with Gasteiger partial charge >= 0.3 is 6.03 Å². The number of carbonyl (C=O) groups is 3. The van der Waals surface area contributed by atoms with E-state index in [0.717, 1.165) is 28.2 Å². The number of rotatable bonds is 3. The molecule has 144 valence electrons. The summed E-state index contributed by atoms with van der Waals surface area (Å²) in [5.74, 6) is -3.24. The zero-order valence-corrected chi connectivity index (χ0v) is 14.8. The van der Waals surface area contributed by atoms with Crippen LogP contribution in [0.25, 0.3) is 0 Å². The Labute approximate surface area is 159 Å². The maximum absolute atomic E-state index is 13.7. The summed E-state index contributed by atoms with van der Waals surface area (Å²) in [6, 6.07) is 10.2. The molecule has 0 saturated carbocycles. The molecule has 1 saturated heterocycles. The summed E-state index contributed by atoms with van der Waals surface area (Å²) in [6.07, 6.45) is 1.39. The first-order valence-electron chi connectivity index (χ1n) is 8.84. The lowest BCUT2D eigenvalue weighted by atomic mass is 9.78. The van der Waals surface area contributed by atoms with Gasteiger partial charge in [-0.1, -0.05) is 30.3 Å². The number of nitrogens with zero attached hydrogens (tertiary/aromatic N) is 1. The van der Waals surface area contributed by atoms with Crippen LogP contribution >= 0.6 is 0 Å². The second-order valence-electron chi connectivity index (χ2n) is 6.99. The fourth-order valence-electron chi connectivity index (χ4n) is 3.78. The summed E-state index contributed by atoms with van der Waals surface area (Å²) >= 11 is 0. The van der Waals surface area contributed by atoms with Crippen molar-refractivity contribution >= 4 is 23.5 Å². The molecule has 1 heterocycles. The van der Waals surface area contributed by atoms with Gasteiger partial charge in [-0.3, -0.25) is 14.5 Å². The molecule has 1 atom stereocenters. The van der Waals surface area contributed by atoms with Gasteiger partial charge in [0.2, 0.25) is 5.91 Å². The van der Waals surface area contributed by atoms with E-state index in [1.807, 2.05) is 24.3 Å². The third-order valence-corrected chi connectivity index (χ3v) is 5.21. The average molecular weight is 385 g/mol. The molecule has 1 fully saturated rings. The van der Waals surface area contributed by atoms with Gasteiger partial charge in [-0.05, 0) is 36.1 Å². The molecule has 2 aromatic carbocycles. The highest BCUT2D eigenvalue weighted by molar-refractivity contribution is 6.10. The van der Waals surface area contributed by atoms with E-state index in [-0.39, 0.29) is 0 Å². The molecule has 0 bridgehead atoms. The van der Waals surface area contributed by atoms with E-state index in [1.165, 1.54) is 6.07 Å². The largest absolute Gasteiger partial charge is 0.325 e. The Hall–Kier alpha value is -3.29. The Balaban J connectivity index is 1.50. The maximum atomic E-state index is 13.7. The lowest BCUT2D eigenvalue weighted by Gasteiger charge is -2.32. The van der Waals surface area contributed by atoms with Crippen molar-refractivity contribution in [2.24, 2.45) is 0 Å². The summed E-state index contributed by atoms with van der Waals surface area (Å²) in [7, 11) is 0. The lowest BCUT2D eigenvalue weighted by molar-refractivity contribution is -0.134. The van der Waals surface area contributed by atoms with Crippen molar-refractivity contribution in [3.63, 3.8) is 0 Å². The van der Waals surface area contributed by atoms with E-state index in [4.69, 9.17) is 0 Å². The van der Waals surface area contributed by atoms with Crippen LogP contribution in [0, 0.1) is 11.6 Å². The standard InChI is InChI=1S/C20H17F2N3O3/c21-14-6-3-7-15(22)17(14)23-16(26)11-25-18(27)20(24-19(25)28)9-8-12-4-1-2-5-13(12)10-20/h1-7H,8-11H2,(H,23,26)(H,24,28)/t20-/m1/s1. The van der Waals surface area contributed by atoms with Crippen LogP contribution in [-0.2, 0) is 22.4 Å². The minimum atomic E-state index is -1.09. The topological polar surface area (TPSA) is 78.5 Å². The highest BCUT2D eigenvalue weighted by Gasteiger charge is 2.52. The van der Waals surface area contributed by atoms with Gasteiger partial charge in [-0.15, -0.1) is 0 Å². The van der Waals surface area contributed by atoms with E-state index in [9.17, 15) is 23.2 Å². The second-order valence-corrected chi connectivity index (χ2v) is 6.99. The molecule has 28 heavy (non-hydrogen) atoms. The van der Waals surface area contributed by atoms with Crippen LogP contribution in [0.4, 0.5) is 19.3 Å². The number of aryl methyl sites for hydroxylation is 1. The van der Waals surface area contributed by atoms with Crippen molar-refractivity contribution in [2.45, 2.75) is 24.8 Å². The Kier molecular flexibility index (Phi) is 4.33. The molecule has 2 aromatic rings. The molecular weight excluding hydrogens is 368 g/mol. The number of anilines is 1. The molecular formula is C20H17F2N3O3. The van der Waals surface area contributed by atoms with E-state index in [2.05, 4.69) is 10.6 Å². The number of amides is 4. The van der Waals surface area contributed by atoms with Crippen molar-refractivity contribution in [3.05, 3.63) is 65.2 Å². The SMILES string of the molecule is O=C(CN1C(=O)N[C@@]2(CCc3ccccc3C2)C1=O)Nc1c(F)cccc1F. The van der Waals surface area contributed by atoms with Crippen LogP contribution in [0.3, 0.4) is 0 Å². The first-order chi connectivity index (χ1) is 13.4. The first-order valence-corrected chi connectivity index (χ1v) is 8.84. The average Bonchev–Trinajstić information content (AvgIpc) is 2.89. The molecule has 4 rings (SSSR count). The van der Waals surface area contributed by atoms with Crippen molar-refractivity contribution in [1.82, 2.24) is 10.2 Å². The zero-order chi connectivity index (χ0) is 19.9. The highest BCUT2D eigenvalue weighted by atomic mass is 19.1. The monoisotopic (exact) mass is 385 g/mol. The van der Waals surface area contributed by atoms with Crippen LogP contribution in [0.15, 0.2) is 42.5 Å². The summed E-state index contributed by atoms with van der Waals surface area (Å²) in [5.41, 5.74) is 0.402. The molecule has 2 N–H and O–H groups in total. The van der Waals surface area contributed by atoms with Gasteiger partial charge in [0.15, 0.2) is 0 Å². The van der Waals surface area contributed by atoms with Gasteiger partial charge in [0.1, 0.15) is 29.4 Å². The third kappa shape index (κ3) is 3.00. The summed E-state index contributed by atoms with van der Waals surface area (Å²) in [5, 5.41) is 4.80. The number of benzene rings is 2.